The van der Waals surface area contributed by atoms with Crippen LogP contribution in [0.5, 0.6) is 0 Å². The molecule has 1 amide bonds. The van der Waals surface area contributed by atoms with Crippen molar-refractivity contribution >= 4 is 17.5 Å². The van der Waals surface area contributed by atoms with Gasteiger partial charge >= 0.3 is 0 Å². The zero-order valence-corrected chi connectivity index (χ0v) is 14.8. The highest BCUT2D eigenvalue weighted by molar-refractivity contribution is 5.84. The summed E-state index contributed by atoms with van der Waals surface area (Å²) >= 11 is 0. The number of Topliss-reactive ketones (excluding diaryl/α,β-unsaturated/α-hetero) is 1. The summed E-state index contributed by atoms with van der Waals surface area (Å²) in [5.74, 6) is 2.26. The van der Waals surface area contributed by atoms with E-state index in [-0.39, 0.29) is 11.8 Å². The van der Waals surface area contributed by atoms with Gasteiger partial charge in [-0.3, -0.25) is 9.59 Å². The molecule has 2 fully saturated rings. The summed E-state index contributed by atoms with van der Waals surface area (Å²) in [6.07, 6.45) is 8.03. The van der Waals surface area contributed by atoms with Gasteiger partial charge in [-0.1, -0.05) is 0 Å². The summed E-state index contributed by atoms with van der Waals surface area (Å²) in [7, 11) is 0. The van der Waals surface area contributed by atoms with Crippen LogP contribution in [0.3, 0.4) is 0 Å². The number of aromatic nitrogens is 3. The Labute approximate surface area is 152 Å². The van der Waals surface area contributed by atoms with Gasteiger partial charge < -0.3 is 14.4 Å². The molecule has 1 saturated heterocycles. The van der Waals surface area contributed by atoms with Gasteiger partial charge in [-0.15, -0.1) is 0 Å². The first-order valence-electron chi connectivity index (χ1n) is 9.21. The van der Waals surface area contributed by atoms with E-state index in [9.17, 15) is 9.59 Å². The van der Waals surface area contributed by atoms with Crippen molar-refractivity contribution in [1.82, 2.24) is 19.4 Å². The molecule has 7 heteroatoms. The number of piperazine rings is 1. The van der Waals surface area contributed by atoms with Crippen molar-refractivity contribution in [3.8, 4) is 5.82 Å². The third kappa shape index (κ3) is 3.47. The monoisotopic (exact) mass is 353 g/mol. The summed E-state index contributed by atoms with van der Waals surface area (Å²) in [6, 6.07) is 5.90. The first-order valence-corrected chi connectivity index (χ1v) is 9.21. The van der Waals surface area contributed by atoms with E-state index in [2.05, 4.69) is 14.9 Å². The first kappa shape index (κ1) is 16.8. The quantitative estimate of drug-likeness (QED) is 0.839. The molecule has 1 aliphatic carbocycles. The number of rotatable bonds is 3. The molecule has 2 aromatic rings. The molecule has 7 nitrogen and oxygen atoms in total. The fraction of sp³-hybridized carbons (Fsp3) is 0.474. The van der Waals surface area contributed by atoms with Crippen molar-refractivity contribution in [3.63, 3.8) is 0 Å². The van der Waals surface area contributed by atoms with Crippen molar-refractivity contribution < 1.29 is 9.59 Å². The summed E-state index contributed by atoms with van der Waals surface area (Å²) in [5, 5.41) is 0. The largest absolute Gasteiger partial charge is 0.353 e. The van der Waals surface area contributed by atoms with Crippen LogP contribution in [0.2, 0.25) is 0 Å². The zero-order valence-electron chi connectivity index (χ0n) is 14.8. The summed E-state index contributed by atoms with van der Waals surface area (Å²) in [4.78, 5) is 36.9. The van der Waals surface area contributed by atoms with E-state index in [0.29, 0.717) is 44.6 Å². The summed E-state index contributed by atoms with van der Waals surface area (Å²) in [5.41, 5.74) is 0. The van der Waals surface area contributed by atoms with Gasteiger partial charge in [-0.05, 0) is 25.0 Å². The van der Waals surface area contributed by atoms with Crippen LogP contribution in [0, 0.1) is 5.92 Å². The summed E-state index contributed by atoms with van der Waals surface area (Å²) in [6.45, 7) is 2.93. The van der Waals surface area contributed by atoms with Crippen LogP contribution in [0.25, 0.3) is 5.82 Å². The van der Waals surface area contributed by atoms with Gasteiger partial charge in [0.15, 0.2) is 0 Å². The van der Waals surface area contributed by atoms with Gasteiger partial charge in [0, 0.05) is 63.4 Å². The Kier molecular flexibility index (Phi) is 4.69. The molecule has 0 atom stereocenters. The third-order valence-electron chi connectivity index (χ3n) is 5.32. The molecule has 0 spiro atoms. The van der Waals surface area contributed by atoms with Gasteiger partial charge in [0.1, 0.15) is 23.7 Å². The molecule has 136 valence electrons. The molecular formula is C19H23N5O2. The highest BCUT2D eigenvalue weighted by Crippen LogP contribution is 2.24. The molecule has 0 bridgehead atoms. The average Bonchev–Trinajstić information content (AvgIpc) is 3.23. The Balaban J connectivity index is 1.37. The van der Waals surface area contributed by atoms with Crippen LogP contribution in [-0.2, 0) is 9.59 Å². The topological polar surface area (TPSA) is 71.3 Å². The van der Waals surface area contributed by atoms with E-state index in [1.807, 2.05) is 40.1 Å². The molecule has 4 rings (SSSR count). The number of nitrogens with zero attached hydrogens (tertiary/aromatic N) is 5. The number of carbonyl (C=O) groups is 2. The van der Waals surface area contributed by atoms with Gasteiger partial charge in [-0.25, -0.2) is 9.97 Å². The predicted molar refractivity (Wildman–Crippen MR) is 97.1 cm³/mol. The SMILES string of the molecule is O=C1CCC(C(=O)N2CCN(c3cc(-n4cccc4)ncn3)CC2)CC1. The number of amides is 1. The second kappa shape index (κ2) is 7.27. The lowest BCUT2D eigenvalue weighted by Gasteiger charge is -2.37. The number of hydrogen-bond donors (Lipinski definition) is 0. The minimum atomic E-state index is 0.0265. The lowest BCUT2D eigenvalue weighted by atomic mass is 9.87. The molecule has 26 heavy (non-hydrogen) atoms. The van der Waals surface area contributed by atoms with Crippen LogP contribution in [0.4, 0.5) is 5.82 Å². The van der Waals surface area contributed by atoms with Crippen molar-refractivity contribution in [3.05, 3.63) is 36.9 Å². The second-order valence-corrected chi connectivity index (χ2v) is 6.95. The molecule has 1 aliphatic heterocycles. The maximum Gasteiger partial charge on any atom is 0.225 e. The van der Waals surface area contributed by atoms with E-state index in [1.54, 1.807) is 6.33 Å². The van der Waals surface area contributed by atoms with Crippen LogP contribution < -0.4 is 4.90 Å². The Morgan fingerprint density at radius 2 is 1.62 bits per heavy atom. The van der Waals surface area contributed by atoms with Gasteiger partial charge in [-0.2, -0.15) is 0 Å². The number of carbonyl (C=O) groups excluding carboxylic acids is 2. The number of anilines is 1. The predicted octanol–water partition coefficient (Wildman–Crippen LogP) is 1.68. The Morgan fingerprint density at radius 1 is 0.962 bits per heavy atom. The van der Waals surface area contributed by atoms with E-state index >= 15 is 0 Å². The van der Waals surface area contributed by atoms with Gasteiger partial charge in [0.05, 0.1) is 0 Å². The second-order valence-electron chi connectivity index (χ2n) is 6.95. The van der Waals surface area contributed by atoms with Crippen LogP contribution >= 0.6 is 0 Å². The molecule has 0 radical (unpaired) electrons. The van der Waals surface area contributed by atoms with Crippen molar-refractivity contribution in [2.24, 2.45) is 5.92 Å². The van der Waals surface area contributed by atoms with E-state index < -0.39 is 0 Å². The lowest BCUT2D eigenvalue weighted by molar-refractivity contribution is -0.137. The third-order valence-corrected chi connectivity index (χ3v) is 5.32. The fourth-order valence-corrected chi connectivity index (χ4v) is 3.74. The average molecular weight is 353 g/mol. The van der Waals surface area contributed by atoms with Crippen LogP contribution in [-0.4, -0.2) is 57.3 Å². The minimum absolute atomic E-state index is 0.0265. The van der Waals surface area contributed by atoms with Crippen molar-refractivity contribution in [1.29, 1.82) is 0 Å². The zero-order chi connectivity index (χ0) is 17.9. The van der Waals surface area contributed by atoms with Crippen molar-refractivity contribution in [2.75, 3.05) is 31.1 Å². The molecule has 1 saturated carbocycles. The Hall–Kier alpha value is -2.70. The van der Waals surface area contributed by atoms with E-state index in [1.165, 1.54) is 0 Å². The molecular weight excluding hydrogens is 330 g/mol. The lowest BCUT2D eigenvalue weighted by Crippen LogP contribution is -2.51. The standard InChI is InChI=1S/C19H23N5O2/c25-16-5-3-15(4-6-16)19(26)24-11-9-23(10-12-24)18-13-17(20-14-21-18)22-7-1-2-8-22/h1-2,7-8,13-15H,3-6,9-12H2. The minimum Gasteiger partial charge on any atom is -0.353 e. The molecule has 3 heterocycles. The highest BCUT2D eigenvalue weighted by atomic mass is 16.2. The number of ketones is 1. The maximum absolute atomic E-state index is 12.7. The molecule has 2 aliphatic rings. The van der Waals surface area contributed by atoms with Crippen LogP contribution in [0.15, 0.2) is 36.9 Å². The van der Waals surface area contributed by atoms with Gasteiger partial charge in [0.2, 0.25) is 5.91 Å². The molecule has 0 aromatic carbocycles. The number of hydrogen-bond acceptors (Lipinski definition) is 5. The van der Waals surface area contributed by atoms with Gasteiger partial charge in [0.25, 0.3) is 0 Å². The first-order chi connectivity index (χ1) is 12.7. The summed E-state index contributed by atoms with van der Waals surface area (Å²) < 4.78 is 1.95. The Morgan fingerprint density at radius 3 is 2.31 bits per heavy atom. The molecule has 2 aromatic heterocycles. The van der Waals surface area contributed by atoms with Crippen LogP contribution in [0.1, 0.15) is 25.7 Å². The maximum atomic E-state index is 12.7. The normalized spacial score (nSPS) is 19.0. The molecule has 0 unspecified atom stereocenters. The van der Waals surface area contributed by atoms with Crippen molar-refractivity contribution in [2.45, 2.75) is 25.7 Å². The Bertz CT molecular complexity index is 771. The van der Waals surface area contributed by atoms with E-state index in [0.717, 1.165) is 24.7 Å². The molecule has 0 N–H and O–H groups in total. The fourth-order valence-electron chi connectivity index (χ4n) is 3.74. The van der Waals surface area contributed by atoms with E-state index in [4.69, 9.17) is 0 Å². The highest BCUT2D eigenvalue weighted by Gasteiger charge is 2.30. The smallest absolute Gasteiger partial charge is 0.225 e.